The van der Waals surface area contributed by atoms with Gasteiger partial charge in [0.2, 0.25) is 5.91 Å². The number of halogens is 1. The molecule has 0 atom stereocenters. The minimum atomic E-state index is -0.431. The molecule has 0 fully saturated rings. The summed E-state index contributed by atoms with van der Waals surface area (Å²) in [4.78, 5) is 16.9. The minimum absolute atomic E-state index is 0.00356. The summed E-state index contributed by atoms with van der Waals surface area (Å²) in [5, 5.41) is 3.71. The van der Waals surface area contributed by atoms with E-state index in [0.717, 1.165) is 27.4 Å². The molecule has 4 nitrogen and oxygen atoms in total. The first-order valence-electron chi connectivity index (χ1n) is 8.32. The van der Waals surface area contributed by atoms with Gasteiger partial charge in [0.15, 0.2) is 0 Å². The molecule has 1 heterocycles. The van der Waals surface area contributed by atoms with Gasteiger partial charge >= 0.3 is 0 Å². The molecule has 2 aromatic carbocycles. The summed E-state index contributed by atoms with van der Waals surface area (Å²) >= 11 is 6.33. The molecule has 0 saturated heterocycles. The summed E-state index contributed by atoms with van der Waals surface area (Å²) < 4.78 is 2.11. The van der Waals surface area contributed by atoms with Crippen LogP contribution in [0.1, 0.15) is 32.2 Å². The van der Waals surface area contributed by atoms with Gasteiger partial charge in [-0.3, -0.25) is 4.79 Å². The first-order valence-corrected chi connectivity index (χ1v) is 8.70. The normalized spacial score (nSPS) is 11.7. The predicted molar refractivity (Wildman–Crippen MR) is 102 cm³/mol. The Morgan fingerprint density at radius 2 is 1.80 bits per heavy atom. The van der Waals surface area contributed by atoms with Crippen molar-refractivity contribution in [2.75, 3.05) is 0 Å². The Morgan fingerprint density at radius 1 is 1.12 bits per heavy atom. The lowest BCUT2D eigenvalue weighted by Gasteiger charge is -2.18. The fraction of sp³-hybridized carbons (Fsp3) is 0.300. The number of rotatable bonds is 4. The molecule has 0 aliphatic carbocycles. The highest BCUT2D eigenvalue weighted by molar-refractivity contribution is 6.31. The second-order valence-corrected chi connectivity index (χ2v) is 7.53. The van der Waals surface area contributed by atoms with E-state index in [1.807, 2.05) is 69.3 Å². The summed E-state index contributed by atoms with van der Waals surface area (Å²) in [7, 11) is 0. The number of carbonyl (C=O) groups excluding carboxylic acids is 1. The van der Waals surface area contributed by atoms with E-state index in [-0.39, 0.29) is 5.91 Å². The lowest BCUT2D eigenvalue weighted by molar-refractivity contribution is -0.128. The molecular weight excluding hydrogens is 334 g/mol. The van der Waals surface area contributed by atoms with Crippen molar-refractivity contribution in [2.24, 2.45) is 5.41 Å². The van der Waals surface area contributed by atoms with Gasteiger partial charge in [-0.25, -0.2) is 4.98 Å². The maximum Gasteiger partial charge on any atom is 0.225 e. The smallest absolute Gasteiger partial charge is 0.225 e. The number of hydrogen-bond donors (Lipinski definition) is 1. The quantitative estimate of drug-likeness (QED) is 0.754. The number of aromatic nitrogens is 2. The fourth-order valence-corrected chi connectivity index (χ4v) is 2.85. The van der Waals surface area contributed by atoms with Gasteiger partial charge in [-0.05, 0) is 23.8 Å². The number of nitrogens with zero attached hydrogens (tertiary/aromatic N) is 2. The van der Waals surface area contributed by atoms with Crippen molar-refractivity contribution >= 4 is 28.5 Å². The molecule has 0 unspecified atom stereocenters. The summed E-state index contributed by atoms with van der Waals surface area (Å²) in [5.41, 5.74) is 2.53. The van der Waals surface area contributed by atoms with Crippen LogP contribution in [-0.4, -0.2) is 15.5 Å². The SMILES string of the molecule is CC(C)(C)C(=O)NCc1nc2ccccc2n1Cc1ccccc1Cl. The zero-order valence-corrected chi connectivity index (χ0v) is 15.5. The number of fused-ring (bicyclic) bond motifs is 1. The van der Waals surface area contributed by atoms with E-state index >= 15 is 0 Å². The average molecular weight is 356 g/mol. The van der Waals surface area contributed by atoms with Crippen molar-refractivity contribution in [1.29, 1.82) is 0 Å². The summed E-state index contributed by atoms with van der Waals surface area (Å²) in [5.74, 6) is 0.822. The van der Waals surface area contributed by atoms with Crippen molar-refractivity contribution in [3.05, 3.63) is 64.9 Å². The van der Waals surface area contributed by atoms with E-state index in [9.17, 15) is 4.79 Å². The van der Waals surface area contributed by atoms with Crippen molar-refractivity contribution in [3.8, 4) is 0 Å². The molecule has 0 spiro atoms. The number of imidazole rings is 1. The standard InChI is InChI=1S/C20H22ClN3O/c1-20(2,3)19(25)22-12-18-23-16-10-6-7-11-17(16)24(18)13-14-8-4-5-9-15(14)21/h4-11H,12-13H2,1-3H3,(H,22,25). The van der Waals surface area contributed by atoms with Crippen molar-refractivity contribution < 1.29 is 4.79 Å². The van der Waals surface area contributed by atoms with Crippen LogP contribution in [0.15, 0.2) is 48.5 Å². The number of amides is 1. The highest BCUT2D eigenvalue weighted by Crippen LogP contribution is 2.22. The number of benzene rings is 2. The summed E-state index contributed by atoms with van der Waals surface area (Å²) in [6.07, 6.45) is 0. The Kier molecular flexibility index (Phi) is 4.82. The molecule has 1 aromatic heterocycles. The van der Waals surface area contributed by atoms with E-state index in [4.69, 9.17) is 16.6 Å². The minimum Gasteiger partial charge on any atom is -0.348 e. The van der Waals surface area contributed by atoms with Crippen LogP contribution in [0.4, 0.5) is 0 Å². The zero-order chi connectivity index (χ0) is 18.0. The predicted octanol–water partition coefficient (Wildman–Crippen LogP) is 4.40. The molecule has 0 saturated carbocycles. The Labute approximate surface area is 152 Å². The van der Waals surface area contributed by atoms with Crippen LogP contribution in [0, 0.1) is 5.41 Å². The van der Waals surface area contributed by atoms with Crippen molar-refractivity contribution in [2.45, 2.75) is 33.9 Å². The molecule has 0 bridgehead atoms. The molecule has 5 heteroatoms. The summed E-state index contributed by atoms with van der Waals surface area (Å²) in [6, 6.07) is 15.8. The molecule has 25 heavy (non-hydrogen) atoms. The van der Waals surface area contributed by atoms with E-state index < -0.39 is 5.41 Å². The summed E-state index contributed by atoms with van der Waals surface area (Å²) in [6.45, 7) is 6.69. The van der Waals surface area contributed by atoms with Crippen LogP contribution in [-0.2, 0) is 17.9 Å². The zero-order valence-electron chi connectivity index (χ0n) is 14.7. The van der Waals surface area contributed by atoms with E-state index in [1.165, 1.54) is 0 Å². The molecular formula is C20H22ClN3O. The monoisotopic (exact) mass is 355 g/mol. The number of hydrogen-bond acceptors (Lipinski definition) is 2. The lowest BCUT2D eigenvalue weighted by Crippen LogP contribution is -2.35. The third kappa shape index (κ3) is 3.85. The number of carbonyl (C=O) groups is 1. The Bertz CT molecular complexity index is 909. The number of para-hydroxylation sites is 2. The lowest BCUT2D eigenvalue weighted by atomic mass is 9.96. The van der Waals surface area contributed by atoms with Crippen LogP contribution < -0.4 is 5.32 Å². The molecule has 0 aliphatic heterocycles. The van der Waals surface area contributed by atoms with Gasteiger partial charge in [0.25, 0.3) is 0 Å². The first-order chi connectivity index (χ1) is 11.9. The Morgan fingerprint density at radius 3 is 2.52 bits per heavy atom. The molecule has 130 valence electrons. The van der Waals surface area contributed by atoms with Crippen LogP contribution in [0.25, 0.3) is 11.0 Å². The number of nitrogens with one attached hydrogen (secondary N) is 1. The van der Waals surface area contributed by atoms with Gasteiger partial charge in [0.1, 0.15) is 5.82 Å². The van der Waals surface area contributed by atoms with Crippen molar-refractivity contribution in [3.63, 3.8) is 0 Å². The van der Waals surface area contributed by atoms with Gasteiger partial charge in [0.05, 0.1) is 24.1 Å². The maximum absolute atomic E-state index is 12.2. The molecule has 0 aliphatic rings. The molecule has 1 N–H and O–H groups in total. The highest BCUT2D eigenvalue weighted by atomic mass is 35.5. The van der Waals surface area contributed by atoms with Gasteiger partial charge in [-0.2, -0.15) is 0 Å². The van der Waals surface area contributed by atoms with E-state index in [1.54, 1.807) is 0 Å². The van der Waals surface area contributed by atoms with E-state index in [2.05, 4.69) is 9.88 Å². The maximum atomic E-state index is 12.2. The molecule has 1 amide bonds. The topological polar surface area (TPSA) is 46.9 Å². The van der Waals surface area contributed by atoms with Gasteiger partial charge in [-0.1, -0.05) is 62.7 Å². The third-order valence-electron chi connectivity index (χ3n) is 4.11. The van der Waals surface area contributed by atoms with Crippen LogP contribution in [0.2, 0.25) is 5.02 Å². The van der Waals surface area contributed by atoms with E-state index in [0.29, 0.717) is 13.1 Å². The van der Waals surface area contributed by atoms with Gasteiger partial charge in [-0.15, -0.1) is 0 Å². The molecule has 0 radical (unpaired) electrons. The Hall–Kier alpha value is -2.33. The van der Waals surface area contributed by atoms with Crippen LogP contribution in [0.3, 0.4) is 0 Å². The third-order valence-corrected chi connectivity index (χ3v) is 4.48. The van der Waals surface area contributed by atoms with Crippen LogP contribution >= 0.6 is 11.6 Å². The van der Waals surface area contributed by atoms with Gasteiger partial charge < -0.3 is 9.88 Å². The molecule has 3 aromatic rings. The Balaban J connectivity index is 1.95. The van der Waals surface area contributed by atoms with Gasteiger partial charge in [0, 0.05) is 10.4 Å². The second-order valence-electron chi connectivity index (χ2n) is 7.13. The first kappa shape index (κ1) is 17.5. The molecule has 3 rings (SSSR count). The second kappa shape index (κ2) is 6.89. The van der Waals surface area contributed by atoms with Crippen molar-refractivity contribution in [1.82, 2.24) is 14.9 Å². The largest absolute Gasteiger partial charge is 0.348 e. The average Bonchev–Trinajstić information content (AvgIpc) is 2.91. The van der Waals surface area contributed by atoms with Crippen LogP contribution in [0.5, 0.6) is 0 Å². The highest BCUT2D eigenvalue weighted by Gasteiger charge is 2.21. The fourth-order valence-electron chi connectivity index (χ4n) is 2.66.